The zero-order chi connectivity index (χ0) is 21.3. The van der Waals surface area contributed by atoms with Gasteiger partial charge in [-0.25, -0.2) is 10.2 Å². The van der Waals surface area contributed by atoms with Crippen molar-refractivity contribution in [1.82, 2.24) is 5.43 Å². The van der Waals surface area contributed by atoms with Gasteiger partial charge >= 0.3 is 5.97 Å². The number of carbonyl (C=O) groups is 2. The van der Waals surface area contributed by atoms with E-state index in [4.69, 9.17) is 21.1 Å². The van der Waals surface area contributed by atoms with Crippen molar-refractivity contribution < 1.29 is 19.1 Å². The molecular formula is C22H16BrClN2O4. The van der Waals surface area contributed by atoms with Gasteiger partial charge in [-0.1, -0.05) is 35.9 Å². The number of carbonyl (C=O) groups excluding carboxylic acids is 2. The van der Waals surface area contributed by atoms with Gasteiger partial charge in [0.2, 0.25) is 0 Å². The van der Waals surface area contributed by atoms with Gasteiger partial charge in [-0.05, 0) is 70.0 Å². The lowest BCUT2D eigenvalue weighted by atomic mass is 10.2. The number of nitrogens with one attached hydrogen (secondary N) is 1. The van der Waals surface area contributed by atoms with E-state index in [1.54, 1.807) is 66.7 Å². The second-order valence-electron chi connectivity index (χ2n) is 5.95. The van der Waals surface area contributed by atoms with Crippen LogP contribution < -0.4 is 14.9 Å². The third-order valence-electron chi connectivity index (χ3n) is 3.78. The van der Waals surface area contributed by atoms with E-state index in [0.717, 1.165) is 0 Å². The molecule has 0 atom stereocenters. The Morgan fingerprint density at radius 3 is 2.43 bits per heavy atom. The molecule has 0 spiro atoms. The van der Waals surface area contributed by atoms with Crippen molar-refractivity contribution in [3.63, 3.8) is 0 Å². The number of hydrogen-bond acceptors (Lipinski definition) is 5. The lowest BCUT2D eigenvalue weighted by Crippen LogP contribution is -2.24. The summed E-state index contributed by atoms with van der Waals surface area (Å²) >= 11 is 9.28. The highest BCUT2D eigenvalue weighted by molar-refractivity contribution is 9.10. The maximum absolute atomic E-state index is 12.2. The summed E-state index contributed by atoms with van der Waals surface area (Å²) in [7, 11) is 0. The highest BCUT2D eigenvalue weighted by Crippen LogP contribution is 2.23. The second kappa shape index (κ2) is 10.6. The number of hydrogen-bond donors (Lipinski definition) is 1. The molecule has 6 nitrogen and oxygen atoms in total. The average molecular weight is 488 g/mol. The summed E-state index contributed by atoms with van der Waals surface area (Å²) in [6.45, 7) is -0.217. The molecule has 1 amide bonds. The van der Waals surface area contributed by atoms with Gasteiger partial charge in [-0.2, -0.15) is 5.10 Å². The molecule has 0 radical (unpaired) electrons. The van der Waals surface area contributed by atoms with Crippen molar-refractivity contribution >= 4 is 45.6 Å². The van der Waals surface area contributed by atoms with Crippen LogP contribution in [0.1, 0.15) is 15.9 Å². The van der Waals surface area contributed by atoms with Crippen LogP contribution in [-0.2, 0) is 4.79 Å². The third-order valence-corrected chi connectivity index (χ3v) is 4.79. The summed E-state index contributed by atoms with van der Waals surface area (Å²) in [5.74, 6) is -0.0733. The Kier molecular flexibility index (Phi) is 7.59. The van der Waals surface area contributed by atoms with Gasteiger partial charge in [0, 0.05) is 4.47 Å². The van der Waals surface area contributed by atoms with Crippen LogP contribution in [0.15, 0.2) is 82.4 Å². The normalized spacial score (nSPS) is 10.6. The molecule has 8 heteroatoms. The largest absolute Gasteiger partial charge is 0.482 e. The van der Waals surface area contributed by atoms with Crippen molar-refractivity contribution in [3.8, 4) is 11.5 Å². The molecule has 3 aromatic rings. The smallest absolute Gasteiger partial charge is 0.344 e. The lowest BCUT2D eigenvalue weighted by Gasteiger charge is -2.06. The summed E-state index contributed by atoms with van der Waals surface area (Å²) in [4.78, 5) is 24.0. The maximum atomic E-state index is 12.2. The van der Waals surface area contributed by atoms with Crippen molar-refractivity contribution in [2.24, 2.45) is 5.10 Å². The van der Waals surface area contributed by atoms with Crippen LogP contribution in [0.3, 0.4) is 0 Å². The molecule has 0 fully saturated rings. The first-order valence-electron chi connectivity index (χ1n) is 8.79. The molecule has 0 saturated carbocycles. The van der Waals surface area contributed by atoms with Gasteiger partial charge in [0.1, 0.15) is 11.5 Å². The Morgan fingerprint density at radius 2 is 1.70 bits per heavy atom. The summed E-state index contributed by atoms with van der Waals surface area (Å²) in [6, 6.07) is 20.6. The van der Waals surface area contributed by atoms with Gasteiger partial charge in [-0.15, -0.1) is 0 Å². The first-order chi connectivity index (χ1) is 14.5. The first-order valence-corrected chi connectivity index (χ1v) is 9.96. The molecule has 0 aromatic heterocycles. The molecule has 0 heterocycles. The number of halogens is 2. The Balaban J connectivity index is 1.48. The number of benzene rings is 3. The molecule has 3 aromatic carbocycles. The van der Waals surface area contributed by atoms with E-state index >= 15 is 0 Å². The van der Waals surface area contributed by atoms with Crippen LogP contribution in [0.2, 0.25) is 5.02 Å². The average Bonchev–Trinajstić information content (AvgIpc) is 2.74. The Morgan fingerprint density at radius 1 is 1.00 bits per heavy atom. The molecule has 0 bridgehead atoms. The van der Waals surface area contributed by atoms with Gasteiger partial charge in [0.05, 0.1) is 16.8 Å². The van der Waals surface area contributed by atoms with Crippen LogP contribution in [0.25, 0.3) is 0 Å². The summed E-state index contributed by atoms with van der Waals surface area (Å²) in [5.41, 5.74) is 3.51. The predicted octanol–water partition coefficient (Wildman–Crippen LogP) is 4.85. The van der Waals surface area contributed by atoms with Gasteiger partial charge in [0.15, 0.2) is 6.61 Å². The number of ether oxygens (including phenoxy) is 2. The van der Waals surface area contributed by atoms with Crippen LogP contribution in [0.4, 0.5) is 0 Å². The fourth-order valence-electron chi connectivity index (χ4n) is 2.33. The van der Waals surface area contributed by atoms with E-state index in [1.807, 2.05) is 6.07 Å². The van der Waals surface area contributed by atoms with Crippen LogP contribution in [-0.4, -0.2) is 24.7 Å². The minimum Gasteiger partial charge on any atom is -0.482 e. The van der Waals surface area contributed by atoms with E-state index in [0.29, 0.717) is 32.1 Å². The summed E-state index contributed by atoms with van der Waals surface area (Å²) in [5, 5.41) is 4.30. The number of amides is 1. The molecule has 30 heavy (non-hydrogen) atoms. The van der Waals surface area contributed by atoms with Crippen molar-refractivity contribution in [2.45, 2.75) is 0 Å². The fraction of sp³-hybridized carbons (Fsp3) is 0.0455. The first kappa shape index (κ1) is 21.5. The number of nitrogens with zero attached hydrogens (tertiary/aromatic N) is 1. The topological polar surface area (TPSA) is 77.0 Å². The highest BCUT2D eigenvalue weighted by atomic mass is 79.9. The van der Waals surface area contributed by atoms with Crippen molar-refractivity contribution in [3.05, 3.63) is 93.4 Å². The molecule has 152 valence electrons. The molecule has 0 saturated heterocycles. The van der Waals surface area contributed by atoms with Gasteiger partial charge in [-0.3, -0.25) is 4.79 Å². The Labute approximate surface area is 186 Å². The van der Waals surface area contributed by atoms with Crippen molar-refractivity contribution in [2.75, 3.05) is 6.61 Å². The summed E-state index contributed by atoms with van der Waals surface area (Å²) in [6.07, 6.45) is 1.47. The standard InChI is InChI=1S/C22H16BrClN2O4/c23-18-6-2-1-5-17(18)22(28)30-16-11-9-15(10-12-16)13-25-26-21(27)14-29-20-8-4-3-7-19(20)24/h1-13H,14H2,(H,26,27). The van der Waals surface area contributed by atoms with E-state index in [9.17, 15) is 9.59 Å². The SMILES string of the molecule is O=C(COc1ccccc1Cl)NN=Cc1ccc(OC(=O)c2ccccc2Br)cc1. The lowest BCUT2D eigenvalue weighted by molar-refractivity contribution is -0.123. The van der Waals surface area contributed by atoms with E-state index in [1.165, 1.54) is 6.21 Å². The molecule has 0 aliphatic rings. The Bertz CT molecular complexity index is 1070. The summed E-state index contributed by atoms with van der Waals surface area (Å²) < 4.78 is 11.3. The monoisotopic (exact) mass is 486 g/mol. The van der Waals surface area contributed by atoms with Crippen LogP contribution >= 0.6 is 27.5 Å². The molecule has 0 aliphatic heterocycles. The quantitative estimate of drug-likeness (QED) is 0.224. The predicted molar refractivity (Wildman–Crippen MR) is 118 cm³/mol. The third kappa shape index (κ3) is 6.17. The zero-order valence-electron chi connectivity index (χ0n) is 15.5. The van der Waals surface area contributed by atoms with E-state index in [-0.39, 0.29) is 6.61 Å². The maximum Gasteiger partial charge on any atom is 0.344 e. The number of esters is 1. The molecule has 0 unspecified atom stereocenters. The zero-order valence-corrected chi connectivity index (χ0v) is 17.9. The van der Waals surface area contributed by atoms with E-state index < -0.39 is 11.9 Å². The van der Waals surface area contributed by atoms with Crippen LogP contribution in [0.5, 0.6) is 11.5 Å². The minimum atomic E-state index is -0.463. The second-order valence-corrected chi connectivity index (χ2v) is 7.21. The Hall–Kier alpha value is -3.16. The molecular weight excluding hydrogens is 472 g/mol. The fourth-order valence-corrected chi connectivity index (χ4v) is 2.96. The molecule has 1 N–H and O–H groups in total. The molecule has 3 rings (SSSR count). The van der Waals surface area contributed by atoms with Gasteiger partial charge < -0.3 is 9.47 Å². The minimum absolute atomic E-state index is 0.217. The molecule has 0 aliphatic carbocycles. The van der Waals surface area contributed by atoms with Gasteiger partial charge in [0.25, 0.3) is 5.91 Å². The number of rotatable bonds is 7. The highest BCUT2D eigenvalue weighted by Gasteiger charge is 2.11. The number of hydrazone groups is 1. The van der Waals surface area contributed by atoms with Crippen molar-refractivity contribution in [1.29, 1.82) is 0 Å². The van der Waals surface area contributed by atoms with E-state index in [2.05, 4.69) is 26.5 Å². The number of para-hydroxylation sites is 1. The van der Waals surface area contributed by atoms with Crippen LogP contribution in [0, 0.1) is 0 Å².